The third-order valence-corrected chi connectivity index (χ3v) is 5.58. The van der Waals surface area contributed by atoms with Gasteiger partial charge in [0.1, 0.15) is 28.8 Å². The lowest BCUT2D eigenvalue weighted by Crippen LogP contribution is -2.19. The molecular formula is C23H21F2N7O2. The number of ether oxygens (including phenoxy) is 1. The van der Waals surface area contributed by atoms with Crippen molar-refractivity contribution in [2.24, 2.45) is 5.73 Å². The van der Waals surface area contributed by atoms with Crippen LogP contribution < -0.4 is 21.1 Å². The number of benzene rings is 2. The Labute approximate surface area is 193 Å². The number of nitrogens with one attached hydrogen (secondary N) is 2. The van der Waals surface area contributed by atoms with Crippen LogP contribution in [0.5, 0.6) is 6.01 Å². The Hall–Kier alpha value is -4.28. The monoisotopic (exact) mass is 465 g/mol. The molecule has 0 atom stereocenters. The maximum absolute atomic E-state index is 14.4. The molecule has 4 aromatic rings. The minimum Gasteiger partial charge on any atom is -0.468 e. The lowest BCUT2D eigenvalue weighted by Gasteiger charge is -2.21. The first-order valence-corrected chi connectivity index (χ1v) is 10.6. The standard InChI is InChI=1S/C23H21F2N7O2/c1-34-23-29-18-16(19(26)33)9-14(25)10-17(18)32(23)22-30-20-15(6-3-7-27-20)21(31-22)28-11-12-4-2-5-13(24)8-12/h2,4-5,8-10H,3,6-7,11H2,1H3,(H2,26,33)(H2,27,28,30,31). The number of nitrogens with zero attached hydrogens (tertiary/aromatic N) is 4. The molecule has 0 unspecified atom stereocenters. The molecule has 0 fully saturated rings. The Kier molecular flexibility index (Phi) is 5.44. The summed E-state index contributed by atoms with van der Waals surface area (Å²) < 4.78 is 34.8. The molecule has 2 aromatic carbocycles. The molecule has 0 bridgehead atoms. The number of carbonyl (C=O) groups is 1. The summed E-state index contributed by atoms with van der Waals surface area (Å²) in [5.41, 5.74) is 7.40. The maximum atomic E-state index is 14.4. The summed E-state index contributed by atoms with van der Waals surface area (Å²) in [5, 5.41) is 6.53. The average molecular weight is 465 g/mol. The minimum absolute atomic E-state index is 0.0648. The van der Waals surface area contributed by atoms with Crippen LogP contribution >= 0.6 is 0 Å². The van der Waals surface area contributed by atoms with E-state index in [2.05, 4.69) is 25.6 Å². The molecule has 11 heteroatoms. The topological polar surface area (TPSA) is 120 Å². The van der Waals surface area contributed by atoms with Crippen LogP contribution in [0.15, 0.2) is 36.4 Å². The molecule has 34 heavy (non-hydrogen) atoms. The number of rotatable bonds is 6. The summed E-state index contributed by atoms with van der Waals surface area (Å²) >= 11 is 0. The molecule has 3 heterocycles. The number of hydrogen-bond donors (Lipinski definition) is 3. The number of fused-ring (bicyclic) bond motifs is 2. The summed E-state index contributed by atoms with van der Waals surface area (Å²) in [4.78, 5) is 25.5. The molecule has 0 saturated heterocycles. The van der Waals surface area contributed by atoms with Crippen LogP contribution in [0, 0.1) is 11.6 Å². The summed E-state index contributed by atoms with van der Waals surface area (Å²) in [5.74, 6) is -0.475. The zero-order chi connectivity index (χ0) is 23.8. The average Bonchev–Trinajstić information content (AvgIpc) is 3.20. The number of halogens is 2. The Balaban J connectivity index is 1.65. The number of imidazole rings is 1. The molecule has 5 rings (SSSR count). The molecular weight excluding hydrogens is 444 g/mol. The second kappa shape index (κ2) is 8.58. The van der Waals surface area contributed by atoms with E-state index in [4.69, 9.17) is 10.5 Å². The molecule has 1 aliphatic rings. The Morgan fingerprint density at radius 2 is 2.06 bits per heavy atom. The fraction of sp³-hybridized carbons (Fsp3) is 0.217. The third-order valence-electron chi connectivity index (χ3n) is 5.58. The lowest BCUT2D eigenvalue weighted by molar-refractivity contribution is 0.100. The van der Waals surface area contributed by atoms with Crippen molar-refractivity contribution in [1.82, 2.24) is 19.5 Å². The van der Waals surface area contributed by atoms with Gasteiger partial charge in [-0.1, -0.05) is 12.1 Å². The highest BCUT2D eigenvalue weighted by Gasteiger charge is 2.24. The number of hydrogen-bond acceptors (Lipinski definition) is 7. The van der Waals surface area contributed by atoms with E-state index in [0.29, 0.717) is 18.2 Å². The van der Waals surface area contributed by atoms with Crippen LogP contribution in [0.1, 0.15) is 27.9 Å². The van der Waals surface area contributed by atoms with Gasteiger partial charge in [0.05, 0.1) is 18.2 Å². The van der Waals surface area contributed by atoms with Crippen LogP contribution in [-0.4, -0.2) is 39.1 Å². The molecule has 9 nitrogen and oxygen atoms in total. The second-order valence-corrected chi connectivity index (χ2v) is 7.83. The maximum Gasteiger partial charge on any atom is 0.304 e. The number of primary amides is 1. The molecule has 0 saturated carbocycles. The third kappa shape index (κ3) is 3.85. The predicted molar refractivity (Wildman–Crippen MR) is 122 cm³/mol. The van der Waals surface area contributed by atoms with Crippen molar-refractivity contribution in [3.63, 3.8) is 0 Å². The van der Waals surface area contributed by atoms with Crippen LogP contribution in [0.4, 0.5) is 20.4 Å². The molecule has 174 valence electrons. The van der Waals surface area contributed by atoms with E-state index in [1.54, 1.807) is 6.07 Å². The van der Waals surface area contributed by atoms with E-state index in [0.717, 1.165) is 36.6 Å². The smallest absolute Gasteiger partial charge is 0.304 e. The van der Waals surface area contributed by atoms with Gasteiger partial charge in [0.25, 0.3) is 5.91 Å². The van der Waals surface area contributed by atoms with Gasteiger partial charge in [-0.3, -0.25) is 4.79 Å². The number of nitrogens with two attached hydrogens (primary N) is 1. The van der Waals surface area contributed by atoms with Gasteiger partial charge < -0.3 is 21.1 Å². The number of aromatic nitrogens is 4. The van der Waals surface area contributed by atoms with E-state index in [1.807, 2.05) is 6.07 Å². The fourth-order valence-electron chi connectivity index (χ4n) is 4.05. The second-order valence-electron chi connectivity index (χ2n) is 7.83. The first-order valence-electron chi connectivity index (χ1n) is 10.6. The summed E-state index contributed by atoms with van der Waals surface area (Å²) in [6, 6.07) is 8.59. The molecule has 0 radical (unpaired) electrons. The first kappa shape index (κ1) is 21.6. The van der Waals surface area contributed by atoms with E-state index in [1.165, 1.54) is 29.9 Å². The SMILES string of the molecule is COc1nc2c(C(N)=O)cc(F)cc2n1-c1nc2c(c(NCc3cccc(F)c3)n1)CCCN2. The van der Waals surface area contributed by atoms with Crippen LogP contribution in [0.25, 0.3) is 17.0 Å². The quantitative estimate of drug-likeness (QED) is 0.400. The van der Waals surface area contributed by atoms with Gasteiger partial charge in [-0.15, -0.1) is 0 Å². The Morgan fingerprint density at radius 3 is 2.82 bits per heavy atom. The number of carbonyl (C=O) groups excluding carboxylic acids is 1. The van der Waals surface area contributed by atoms with Crippen LogP contribution in [-0.2, 0) is 13.0 Å². The van der Waals surface area contributed by atoms with Crippen molar-refractivity contribution in [1.29, 1.82) is 0 Å². The summed E-state index contributed by atoms with van der Waals surface area (Å²) in [6.07, 6.45) is 1.64. The zero-order valence-corrected chi connectivity index (χ0v) is 18.2. The van der Waals surface area contributed by atoms with Gasteiger partial charge in [0.2, 0.25) is 5.95 Å². The van der Waals surface area contributed by atoms with Crippen LogP contribution in [0.3, 0.4) is 0 Å². The highest BCUT2D eigenvalue weighted by atomic mass is 19.1. The van der Waals surface area contributed by atoms with Gasteiger partial charge in [-0.25, -0.2) is 13.3 Å². The van der Waals surface area contributed by atoms with E-state index >= 15 is 0 Å². The van der Waals surface area contributed by atoms with Crippen molar-refractivity contribution in [2.75, 3.05) is 24.3 Å². The van der Waals surface area contributed by atoms with Gasteiger partial charge in [-0.05, 0) is 36.6 Å². The largest absolute Gasteiger partial charge is 0.468 e. The Morgan fingerprint density at radius 1 is 1.21 bits per heavy atom. The van der Waals surface area contributed by atoms with E-state index in [-0.39, 0.29) is 34.4 Å². The number of anilines is 2. The zero-order valence-electron chi connectivity index (χ0n) is 18.2. The summed E-state index contributed by atoms with van der Waals surface area (Å²) in [7, 11) is 1.40. The molecule has 0 aliphatic carbocycles. The molecule has 1 aliphatic heterocycles. The molecule has 1 amide bonds. The molecule has 4 N–H and O–H groups in total. The van der Waals surface area contributed by atoms with Gasteiger partial charge in [-0.2, -0.15) is 15.0 Å². The van der Waals surface area contributed by atoms with Gasteiger partial charge in [0.15, 0.2) is 0 Å². The van der Waals surface area contributed by atoms with E-state index < -0.39 is 11.7 Å². The Bertz CT molecular complexity index is 1420. The number of methoxy groups -OCH3 is 1. The number of amides is 1. The van der Waals surface area contributed by atoms with Gasteiger partial charge >= 0.3 is 6.01 Å². The molecule has 0 spiro atoms. The van der Waals surface area contributed by atoms with Crippen molar-refractivity contribution in [3.8, 4) is 12.0 Å². The fourth-order valence-corrected chi connectivity index (χ4v) is 4.05. The van der Waals surface area contributed by atoms with Crippen molar-refractivity contribution in [3.05, 3.63) is 64.7 Å². The highest BCUT2D eigenvalue weighted by Crippen LogP contribution is 2.32. The van der Waals surface area contributed by atoms with Crippen LogP contribution in [0.2, 0.25) is 0 Å². The molecule has 2 aromatic heterocycles. The predicted octanol–water partition coefficient (Wildman–Crippen LogP) is 3.17. The normalized spacial score (nSPS) is 12.8. The highest BCUT2D eigenvalue weighted by molar-refractivity contribution is 6.04. The van der Waals surface area contributed by atoms with Gasteiger partial charge in [0, 0.05) is 24.7 Å². The summed E-state index contributed by atoms with van der Waals surface area (Å²) in [6.45, 7) is 1.07. The van der Waals surface area contributed by atoms with Crippen molar-refractivity contribution >= 4 is 28.6 Å². The van der Waals surface area contributed by atoms with Crippen molar-refractivity contribution < 1.29 is 18.3 Å². The lowest BCUT2D eigenvalue weighted by atomic mass is 10.1. The van der Waals surface area contributed by atoms with Crippen molar-refractivity contribution in [2.45, 2.75) is 19.4 Å². The van der Waals surface area contributed by atoms with E-state index in [9.17, 15) is 13.6 Å². The minimum atomic E-state index is -0.817. The first-order chi connectivity index (χ1) is 16.4.